The van der Waals surface area contributed by atoms with Crippen molar-refractivity contribution in [2.45, 2.75) is 27.2 Å². The van der Waals surface area contributed by atoms with E-state index in [1.807, 2.05) is 99.6 Å². The SMILES string of the molecule is Cc1ccc(Nc2nc(C)c(NC(=O)[C@@H]3CC(=O)N(c4ccccc4)C3)c(Nc3ccc(C)cc3)n2)cc1. The number of carbonyl (C=O) groups is 2. The van der Waals surface area contributed by atoms with Crippen LogP contribution in [-0.4, -0.2) is 28.3 Å². The van der Waals surface area contributed by atoms with Gasteiger partial charge in [0.2, 0.25) is 17.8 Å². The molecule has 4 aromatic rings. The molecule has 0 aliphatic carbocycles. The number of hydrogen-bond donors (Lipinski definition) is 3. The summed E-state index contributed by atoms with van der Waals surface area (Å²) in [6.45, 7) is 6.20. The second-order valence-electron chi connectivity index (χ2n) is 9.57. The molecule has 8 nitrogen and oxygen atoms in total. The number of aromatic nitrogens is 2. The van der Waals surface area contributed by atoms with Gasteiger partial charge in [-0.2, -0.15) is 4.98 Å². The zero-order valence-electron chi connectivity index (χ0n) is 21.7. The molecule has 2 heterocycles. The van der Waals surface area contributed by atoms with Crippen LogP contribution in [0.1, 0.15) is 23.2 Å². The van der Waals surface area contributed by atoms with Gasteiger partial charge in [-0.25, -0.2) is 4.98 Å². The van der Waals surface area contributed by atoms with Crippen LogP contribution in [0.25, 0.3) is 0 Å². The Hall–Kier alpha value is -4.72. The first kappa shape index (κ1) is 25.0. The zero-order chi connectivity index (χ0) is 26.6. The van der Waals surface area contributed by atoms with Gasteiger partial charge in [-0.3, -0.25) is 9.59 Å². The molecule has 8 heteroatoms. The molecule has 5 rings (SSSR count). The Morgan fingerprint density at radius 3 is 2.05 bits per heavy atom. The maximum atomic E-state index is 13.4. The first-order valence-electron chi connectivity index (χ1n) is 12.6. The number of nitrogens with zero attached hydrogens (tertiary/aromatic N) is 3. The van der Waals surface area contributed by atoms with E-state index in [0.29, 0.717) is 29.7 Å². The van der Waals surface area contributed by atoms with Crippen molar-refractivity contribution in [3.8, 4) is 0 Å². The number of carbonyl (C=O) groups excluding carboxylic acids is 2. The summed E-state index contributed by atoms with van der Waals surface area (Å²) in [5.74, 6) is 0.0770. The third-order valence-electron chi connectivity index (χ3n) is 6.52. The molecule has 0 radical (unpaired) electrons. The quantitative estimate of drug-likeness (QED) is 0.289. The van der Waals surface area contributed by atoms with Crippen molar-refractivity contribution >= 4 is 46.3 Å². The minimum absolute atomic E-state index is 0.0695. The first-order chi connectivity index (χ1) is 18.4. The fourth-order valence-corrected chi connectivity index (χ4v) is 4.37. The fraction of sp³-hybridized carbons (Fsp3) is 0.200. The lowest BCUT2D eigenvalue weighted by molar-refractivity contribution is -0.122. The minimum atomic E-state index is -0.486. The average molecular weight is 507 g/mol. The lowest BCUT2D eigenvalue weighted by atomic mass is 10.1. The molecule has 2 amide bonds. The Bertz CT molecular complexity index is 1450. The number of aryl methyl sites for hydroxylation is 3. The highest BCUT2D eigenvalue weighted by molar-refractivity contribution is 6.04. The predicted octanol–water partition coefficient (Wildman–Crippen LogP) is 5.88. The molecule has 1 saturated heterocycles. The van der Waals surface area contributed by atoms with Gasteiger partial charge < -0.3 is 20.9 Å². The molecule has 192 valence electrons. The zero-order valence-corrected chi connectivity index (χ0v) is 21.7. The molecule has 1 aliphatic rings. The molecule has 38 heavy (non-hydrogen) atoms. The Morgan fingerprint density at radius 1 is 0.816 bits per heavy atom. The number of nitrogens with one attached hydrogen (secondary N) is 3. The van der Waals surface area contributed by atoms with E-state index < -0.39 is 5.92 Å². The maximum Gasteiger partial charge on any atom is 0.229 e. The first-order valence-corrected chi connectivity index (χ1v) is 12.6. The average Bonchev–Trinajstić information content (AvgIpc) is 3.31. The lowest BCUT2D eigenvalue weighted by Gasteiger charge is -2.19. The van der Waals surface area contributed by atoms with E-state index in [1.54, 1.807) is 4.90 Å². The third-order valence-corrected chi connectivity index (χ3v) is 6.52. The van der Waals surface area contributed by atoms with E-state index in [1.165, 1.54) is 0 Å². The topological polar surface area (TPSA) is 99.2 Å². The van der Waals surface area contributed by atoms with Crippen molar-refractivity contribution in [3.63, 3.8) is 0 Å². The predicted molar refractivity (Wildman–Crippen MR) is 151 cm³/mol. The largest absolute Gasteiger partial charge is 0.338 e. The van der Waals surface area contributed by atoms with Crippen LogP contribution in [0.4, 0.5) is 34.5 Å². The molecular weight excluding hydrogens is 476 g/mol. The van der Waals surface area contributed by atoms with Gasteiger partial charge in [0.15, 0.2) is 5.82 Å². The highest BCUT2D eigenvalue weighted by Gasteiger charge is 2.35. The van der Waals surface area contributed by atoms with Crippen molar-refractivity contribution in [2.24, 2.45) is 5.92 Å². The number of rotatable bonds is 7. The van der Waals surface area contributed by atoms with Crippen LogP contribution in [0, 0.1) is 26.7 Å². The molecule has 0 spiro atoms. The van der Waals surface area contributed by atoms with E-state index in [-0.39, 0.29) is 18.2 Å². The van der Waals surface area contributed by atoms with Gasteiger partial charge in [-0.1, -0.05) is 53.6 Å². The van der Waals surface area contributed by atoms with Crippen LogP contribution in [0.15, 0.2) is 78.9 Å². The lowest BCUT2D eigenvalue weighted by Crippen LogP contribution is -2.28. The number of para-hydroxylation sites is 1. The van der Waals surface area contributed by atoms with Gasteiger partial charge in [-0.05, 0) is 57.2 Å². The molecule has 0 saturated carbocycles. The normalized spacial score (nSPS) is 14.9. The Balaban J connectivity index is 1.41. The second-order valence-corrected chi connectivity index (χ2v) is 9.57. The third kappa shape index (κ3) is 5.64. The Kier molecular flexibility index (Phi) is 7.04. The van der Waals surface area contributed by atoms with Crippen molar-refractivity contribution in [1.29, 1.82) is 0 Å². The molecule has 1 fully saturated rings. The molecule has 0 unspecified atom stereocenters. The van der Waals surface area contributed by atoms with E-state index >= 15 is 0 Å². The van der Waals surface area contributed by atoms with E-state index in [9.17, 15) is 9.59 Å². The molecule has 1 aliphatic heterocycles. The Labute approximate surface area is 222 Å². The van der Waals surface area contributed by atoms with Crippen molar-refractivity contribution in [2.75, 3.05) is 27.4 Å². The maximum absolute atomic E-state index is 13.4. The number of anilines is 6. The highest BCUT2D eigenvalue weighted by Crippen LogP contribution is 2.31. The number of benzene rings is 3. The highest BCUT2D eigenvalue weighted by atomic mass is 16.2. The summed E-state index contributed by atoms with van der Waals surface area (Å²) in [6, 6.07) is 25.3. The van der Waals surface area contributed by atoms with E-state index in [4.69, 9.17) is 4.98 Å². The van der Waals surface area contributed by atoms with Gasteiger partial charge in [-0.15, -0.1) is 0 Å². The molecule has 3 aromatic carbocycles. The van der Waals surface area contributed by atoms with Crippen LogP contribution in [0.5, 0.6) is 0 Å². The van der Waals surface area contributed by atoms with Crippen LogP contribution in [-0.2, 0) is 9.59 Å². The summed E-state index contributed by atoms with van der Waals surface area (Å²) >= 11 is 0. The van der Waals surface area contributed by atoms with Crippen molar-refractivity contribution in [1.82, 2.24) is 9.97 Å². The summed E-state index contributed by atoms with van der Waals surface area (Å²) in [4.78, 5) is 37.0. The van der Waals surface area contributed by atoms with Crippen LogP contribution < -0.4 is 20.9 Å². The smallest absolute Gasteiger partial charge is 0.229 e. The van der Waals surface area contributed by atoms with Gasteiger partial charge >= 0.3 is 0 Å². The monoisotopic (exact) mass is 506 g/mol. The summed E-state index contributed by atoms with van der Waals surface area (Å²) < 4.78 is 0. The summed E-state index contributed by atoms with van der Waals surface area (Å²) in [6.07, 6.45) is 0.147. The standard InChI is InChI=1S/C30H30N6O2/c1-19-9-13-23(14-10-19)32-28-27(21(3)31-30(35-28)33-24-15-11-20(2)12-16-24)34-29(38)22-17-26(37)36(18-22)25-7-5-4-6-8-25/h4-16,22H,17-18H2,1-3H3,(H,34,38)(H2,31,32,33,35)/t22-/m1/s1. The summed E-state index contributed by atoms with van der Waals surface area (Å²) in [7, 11) is 0. The van der Waals surface area contributed by atoms with Crippen molar-refractivity contribution in [3.05, 3.63) is 95.7 Å². The van der Waals surface area contributed by atoms with Gasteiger partial charge in [0, 0.05) is 30.0 Å². The Morgan fingerprint density at radius 2 is 1.42 bits per heavy atom. The molecule has 1 aromatic heterocycles. The number of hydrogen-bond acceptors (Lipinski definition) is 6. The van der Waals surface area contributed by atoms with Crippen LogP contribution in [0.2, 0.25) is 0 Å². The van der Waals surface area contributed by atoms with Crippen LogP contribution in [0.3, 0.4) is 0 Å². The van der Waals surface area contributed by atoms with Gasteiger partial charge in [0.25, 0.3) is 0 Å². The number of amides is 2. The molecule has 1 atom stereocenters. The second kappa shape index (κ2) is 10.7. The minimum Gasteiger partial charge on any atom is -0.338 e. The van der Waals surface area contributed by atoms with Gasteiger partial charge in [0.05, 0.1) is 11.6 Å². The van der Waals surface area contributed by atoms with E-state index in [0.717, 1.165) is 28.2 Å². The van der Waals surface area contributed by atoms with Gasteiger partial charge in [0.1, 0.15) is 5.69 Å². The van der Waals surface area contributed by atoms with E-state index in [2.05, 4.69) is 20.9 Å². The van der Waals surface area contributed by atoms with Crippen LogP contribution >= 0.6 is 0 Å². The molecular formula is C30H30N6O2. The summed E-state index contributed by atoms with van der Waals surface area (Å²) in [5.41, 5.74) is 5.86. The fourth-order valence-electron chi connectivity index (χ4n) is 4.37. The van der Waals surface area contributed by atoms with Crippen molar-refractivity contribution < 1.29 is 9.59 Å². The molecule has 0 bridgehead atoms. The summed E-state index contributed by atoms with van der Waals surface area (Å²) in [5, 5.41) is 9.59. The molecule has 3 N–H and O–H groups in total.